The highest BCUT2D eigenvalue weighted by atomic mass is 16.5. The van der Waals surface area contributed by atoms with E-state index in [9.17, 15) is 0 Å². The van der Waals surface area contributed by atoms with Gasteiger partial charge in [0, 0.05) is 18.3 Å². The van der Waals surface area contributed by atoms with E-state index in [1.165, 1.54) is 5.56 Å². The van der Waals surface area contributed by atoms with Crippen molar-refractivity contribution in [2.75, 3.05) is 11.9 Å². The van der Waals surface area contributed by atoms with Gasteiger partial charge >= 0.3 is 0 Å². The van der Waals surface area contributed by atoms with Gasteiger partial charge in [-0.1, -0.05) is 60.7 Å². The second kappa shape index (κ2) is 7.31. The summed E-state index contributed by atoms with van der Waals surface area (Å²) in [6.07, 6.45) is 1.02. The second-order valence-corrected chi connectivity index (χ2v) is 6.18. The zero-order valence-corrected chi connectivity index (χ0v) is 14.1. The number of benzene rings is 3. The Kier molecular flexibility index (Phi) is 4.55. The molecule has 0 aliphatic carbocycles. The molecule has 3 nitrogen and oxygen atoms in total. The normalized spacial score (nSPS) is 12.3. The minimum absolute atomic E-state index is 0.529. The highest BCUT2D eigenvalue weighted by Gasteiger charge is 2.16. The topological polar surface area (TPSA) is 30.5 Å². The largest absolute Gasteiger partial charge is 0.485 e. The van der Waals surface area contributed by atoms with E-state index in [4.69, 9.17) is 9.47 Å². The van der Waals surface area contributed by atoms with E-state index in [-0.39, 0.29) is 0 Å². The van der Waals surface area contributed by atoms with Gasteiger partial charge in [-0.2, -0.15) is 0 Å². The van der Waals surface area contributed by atoms with Gasteiger partial charge in [0.1, 0.15) is 13.2 Å². The molecule has 0 radical (unpaired) electrons. The summed E-state index contributed by atoms with van der Waals surface area (Å²) in [5.74, 6) is 1.59. The minimum atomic E-state index is 0.529. The van der Waals surface area contributed by atoms with Crippen LogP contribution in [0.2, 0.25) is 0 Å². The van der Waals surface area contributed by atoms with E-state index in [0.29, 0.717) is 13.2 Å². The molecule has 4 rings (SSSR count). The first-order chi connectivity index (χ1) is 12.4. The summed E-state index contributed by atoms with van der Waals surface area (Å²) in [6.45, 7) is 2.03. The Balaban J connectivity index is 1.53. The summed E-state index contributed by atoms with van der Waals surface area (Å²) in [5, 5.41) is 3.40. The Morgan fingerprint density at radius 3 is 1.88 bits per heavy atom. The van der Waals surface area contributed by atoms with Crippen LogP contribution in [0.3, 0.4) is 0 Å². The number of fused-ring (bicyclic) bond motifs is 1. The van der Waals surface area contributed by atoms with Crippen LogP contribution in [-0.4, -0.2) is 6.54 Å². The molecule has 126 valence electrons. The lowest BCUT2D eigenvalue weighted by Gasteiger charge is -2.15. The number of hydrogen-bond donors (Lipinski definition) is 1. The SMILES string of the molecule is c1ccc(COc2cc3c(cc2OCc2ccccc2)NCC3)cc1. The van der Waals surface area contributed by atoms with Crippen molar-refractivity contribution in [1.29, 1.82) is 0 Å². The fourth-order valence-corrected chi connectivity index (χ4v) is 3.00. The van der Waals surface area contributed by atoms with Crippen molar-refractivity contribution in [2.45, 2.75) is 19.6 Å². The Hall–Kier alpha value is -2.94. The molecule has 0 spiro atoms. The first-order valence-electron chi connectivity index (χ1n) is 8.63. The third kappa shape index (κ3) is 3.77. The summed E-state index contributed by atoms with van der Waals surface area (Å²) in [7, 11) is 0. The molecule has 0 unspecified atom stereocenters. The molecule has 0 saturated carbocycles. The maximum absolute atomic E-state index is 6.08. The van der Waals surface area contributed by atoms with Gasteiger partial charge in [-0.05, 0) is 29.2 Å². The Bertz CT molecular complexity index is 761. The highest BCUT2D eigenvalue weighted by molar-refractivity contribution is 5.63. The minimum Gasteiger partial charge on any atom is -0.485 e. The number of rotatable bonds is 6. The van der Waals surface area contributed by atoms with Crippen molar-refractivity contribution in [3.63, 3.8) is 0 Å². The molecular weight excluding hydrogens is 310 g/mol. The van der Waals surface area contributed by atoms with Crippen LogP contribution in [0.5, 0.6) is 11.5 Å². The quantitative estimate of drug-likeness (QED) is 0.703. The fraction of sp³-hybridized carbons (Fsp3) is 0.182. The van der Waals surface area contributed by atoms with Crippen LogP contribution >= 0.6 is 0 Å². The fourth-order valence-electron chi connectivity index (χ4n) is 3.00. The third-order valence-electron chi connectivity index (χ3n) is 4.35. The van der Waals surface area contributed by atoms with Crippen LogP contribution < -0.4 is 14.8 Å². The van der Waals surface area contributed by atoms with Gasteiger partial charge in [0.05, 0.1) is 0 Å². The maximum atomic E-state index is 6.08. The van der Waals surface area contributed by atoms with E-state index < -0.39 is 0 Å². The van der Waals surface area contributed by atoms with Crippen molar-refractivity contribution in [3.8, 4) is 11.5 Å². The average Bonchev–Trinajstić information content (AvgIpc) is 3.13. The Morgan fingerprint density at radius 2 is 1.28 bits per heavy atom. The summed E-state index contributed by atoms with van der Waals surface area (Å²) in [6, 6.07) is 24.6. The predicted octanol–water partition coefficient (Wildman–Crippen LogP) is 4.81. The number of anilines is 1. The molecular formula is C22H21NO2. The lowest BCUT2D eigenvalue weighted by molar-refractivity contribution is 0.256. The first-order valence-corrected chi connectivity index (χ1v) is 8.63. The molecule has 0 saturated heterocycles. The maximum Gasteiger partial charge on any atom is 0.163 e. The molecule has 1 heterocycles. The van der Waals surface area contributed by atoms with Crippen molar-refractivity contribution < 1.29 is 9.47 Å². The zero-order valence-electron chi connectivity index (χ0n) is 14.1. The molecule has 0 amide bonds. The Labute approximate surface area is 148 Å². The number of nitrogens with one attached hydrogen (secondary N) is 1. The molecule has 0 aromatic heterocycles. The van der Waals surface area contributed by atoms with Gasteiger partial charge in [-0.15, -0.1) is 0 Å². The van der Waals surface area contributed by atoms with Gasteiger partial charge in [0.15, 0.2) is 11.5 Å². The smallest absolute Gasteiger partial charge is 0.163 e. The van der Waals surface area contributed by atoms with Crippen LogP contribution in [0.25, 0.3) is 0 Å². The van der Waals surface area contributed by atoms with E-state index >= 15 is 0 Å². The van der Waals surface area contributed by atoms with Crippen molar-refractivity contribution in [3.05, 3.63) is 89.5 Å². The van der Waals surface area contributed by atoms with Crippen molar-refractivity contribution >= 4 is 5.69 Å². The Morgan fingerprint density at radius 1 is 0.720 bits per heavy atom. The molecule has 25 heavy (non-hydrogen) atoms. The van der Waals surface area contributed by atoms with E-state index in [0.717, 1.165) is 41.3 Å². The van der Waals surface area contributed by atoms with Gasteiger partial charge < -0.3 is 14.8 Å². The summed E-state index contributed by atoms with van der Waals surface area (Å²) in [4.78, 5) is 0. The molecule has 0 atom stereocenters. The lowest BCUT2D eigenvalue weighted by Crippen LogP contribution is -2.01. The number of hydrogen-bond acceptors (Lipinski definition) is 3. The van der Waals surface area contributed by atoms with Crippen LogP contribution in [0.1, 0.15) is 16.7 Å². The van der Waals surface area contributed by atoms with E-state index in [2.05, 4.69) is 41.7 Å². The molecule has 1 aliphatic rings. The van der Waals surface area contributed by atoms with Gasteiger partial charge in [0.2, 0.25) is 0 Å². The van der Waals surface area contributed by atoms with Crippen LogP contribution in [0.4, 0.5) is 5.69 Å². The van der Waals surface area contributed by atoms with Gasteiger partial charge in [-0.25, -0.2) is 0 Å². The summed E-state index contributed by atoms with van der Waals surface area (Å²) < 4.78 is 12.2. The van der Waals surface area contributed by atoms with E-state index in [1.54, 1.807) is 0 Å². The molecule has 1 N–H and O–H groups in total. The molecule has 3 aromatic carbocycles. The van der Waals surface area contributed by atoms with Crippen LogP contribution in [0, 0.1) is 0 Å². The average molecular weight is 331 g/mol. The highest BCUT2D eigenvalue weighted by Crippen LogP contribution is 2.37. The standard InChI is InChI=1S/C22H21NO2/c1-3-7-17(8-4-1)15-24-21-13-19-11-12-23-20(19)14-22(21)25-16-18-9-5-2-6-10-18/h1-10,13-14,23H,11-12,15-16H2. The molecule has 0 bridgehead atoms. The predicted molar refractivity (Wildman–Crippen MR) is 100 cm³/mol. The summed E-state index contributed by atoms with van der Waals surface area (Å²) in [5.41, 5.74) is 4.73. The number of ether oxygens (including phenoxy) is 2. The molecule has 1 aliphatic heterocycles. The lowest BCUT2D eigenvalue weighted by atomic mass is 10.1. The monoisotopic (exact) mass is 331 g/mol. The summed E-state index contributed by atoms with van der Waals surface area (Å²) >= 11 is 0. The third-order valence-corrected chi connectivity index (χ3v) is 4.35. The van der Waals surface area contributed by atoms with Gasteiger partial charge in [0.25, 0.3) is 0 Å². The second-order valence-electron chi connectivity index (χ2n) is 6.18. The first kappa shape index (κ1) is 15.6. The van der Waals surface area contributed by atoms with Crippen LogP contribution in [-0.2, 0) is 19.6 Å². The zero-order chi connectivity index (χ0) is 16.9. The molecule has 0 fully saturated rings. The van der Waals surface area contributed by atoms with E-state index in [1.807, 2.05) is 36.4 Å². The van der Waals surface area contributed by atoms with Crippen LogP contribution in [0.15, 0.2) is 72.8 Å². The molecule has 3 heteroatoms. The van der Waals surface area contributed by atoms with Gasteiger partial charge in [-0.3, -0.25) is 0 Å². The van der Waals surface area contributed by atoms with Crippen molar-refractivity contribution in [2.24, 2.45) is 0 Å². The molecule has 3 aromatic rings. The van der Waals surface area contributed by atoms with Crippen molar-refractivity contribution in [1.82, 2.24) is 0 Å².